The number of hydrogen-bond donors (Lipinski definition) is 0. The Bertz CT molecular complexity index is 328. The quantitative estimate of drug-likeness (QED) is 0.592. The van der Waals surface area contributed by atoms with Gasteiger partial charge in [0.2, 0.25) is 0 Å². The van der Waals surface area contributed by atoms with Gasteiger partial charge in [0.15, 0.2) is 0 Å². The van der Waals surface area contributed by atoms with Crippen molar-refractivity contribution in [1.82, 2.24) is 4.90 Å². The van der Waals surface area contributed by atoms with Crippen molar-refractivity contribution >= 4 is 10.8 Å². The van der Waals surface area contributed by atoms with Gasteiger partial charge in [-0.25, -0.2) is 0 Å². The minimum absolute atomic E-state index is 0.0645. The summed E-state index contributed by atoms with van der Waals surface area (Å²) in [7, 11) is 1.25. The van der Waals surface area contributed by atoms with Gasteiger partial charge in [-0.3, -0.25) is 4.21 Å². The van der Waals surface area contributed by atoms with Crippen molar-refractivity contribution in [2.45, 2.75) is 31.4 Å². The van der Waals surface area contributed by atoms with Crippen molar-refractivity contribution in [2.24, 2.45) is 0 Å². The van der Waals surface area contributed by atoms with Gasteiger partial charge in [0.05, 0.1) is 15.5 Å². The molecule has 13 heavy (non-hydrogen) atoms. The smallest absolute Gasteiger partial charge is 0.0570 e. The monoisotopic (exact) mass is 197 g/mol. The second-order valence-corrected chi connectivity index (χ2v) is 6.41. The lowest BCUT2D eigenvalue weighted by Gasteiger charge is -2.20. The second-order valence-electron chi connectivity index (χ2n) is 4.27. The third-order valence-corrected chi connectivity index (χ3v) is 4.70. The van der Waals surface area contributed by atoms with Crippen LogP contribution >= 0.6 is 0 Å². The first-order valence-electron chi connectivity index (χ1n) is 4.56. The maximum Gasteiger partial charge on any atom is 0.0570 e. The summed E-state index contributed by atoms with van der Waals surface area (Å²) < 4.78 is 11.9. The average molecular weight is 197 g/mol. The third-order valence-electron chi connectivity index (χ3n) is 2.70. The van der Waals surface area contributed by atoms with Gasteiger partial charge in [0.1, 0.15) is 0 Å². The Labute approximate surface area is 81.8 Å². The fourth-order valence-electron chi connectivity index (χ4n) is 1.93. The minimum Gasteiger partial charge on any atom is -0.354 e. The lowest BCUT2D eigenvalue weighted by atomic mass is 10.1. The summed E-state index contributed by atoms with van der Waals surface area (Å²) in [6.07, 6.45) is 5.96. The SMILES string of the molecule is CN1C=CCC2=C1CC(C)(C)S2=O. The first kappa shape index (κ1) is 9.00. The number of hydrogen-bond acceptors (Lipinski definition) is 2. The fraction of sp³-hybridized carbons (Fsp3) is 0.600. The second kappa shape index (κ2) is 2.71. The predicted octanol–water partition coefficient (Wildman–Crippen LogP) is 1.98. The van der Waals surface area contributed by atoms with Crippen LogP contribution in [-0.4, -0.2) is 20.9 Å². The van der Waals surface area contributed by atoms with Crippen LogP contribution in [0.4, 0.5) is 0 Å². The molecule has 72 valence electrons. The zero-order chi connectivity index (χ0) is 9.64. The van der Waals surface area contributed by atoms with E-state index in [-0.39, 0.29) is 4.75 Å². The molecular weight excluding hydrogens is 182 g/mol. The molecule has 0 amide bonds. The van der Waals surface area contributed by atoms with Crippen LogP contribution in [0.3, 0.4) is 0 Å². The lowest BCUT2D eigenvalue weighted by molar-refractivity contribution is 0.503. The molecule has 0 aliphatic carbocycles. The summed E-state index contributed by atoms with van der Waals surface area (Å²) in [5, 5.41) is 0. The van der Waals surface area contributed by atoms with E-state index in [9.17, 15) is 4.21 Å². The van der Waals surface area contributed by atoms with E-state index in [4.69, 9.17) is 0 Å². The highest BCUT2D eigenvalue weighted by Gasteiger charge is 2.39. The fourth-order valence-corrected chi connectivity index (χ4v) is 3.54. The first-order valence-corrected chi connectivity index (χ1v) is 5.71. The summed E-state index contributed by atoms with van der Waals surface area (Å²) in [4.78, 5) is 3.24. The van der Waals surface area contributed by atoms with Crippen LogP contribution < -0.4 is 0 Å². The Morgan fingerprint density at radius 1 is 1.54 bits per heavy atom. The van der Waals surface area contributed by atoms with Crippen LogP contribution in [0.1, 0.15) is 26.7 Å². The van der Waals surface area contributed by atoms with Crippen molar-refractivity contribution in [2.75, 3.05) is 7.05 Å². The van der Waals surface area contributed by atoms with Gasteiger partial charge < -0.3 is 4.90 Å². The van der Waals surface area contributed by atoms with E-state index in [1.54, 1.807) is 0 Å². The molecule has 0 fully saturated rings. The molecule has 1 unspecified atom stereocenters. The first-order chi connectivity index (χ1) is 6.02. The van der Waals surface area contributed by atoms with Crippen LogP contribution in [-0.2, 0) is 10.8 Å². The van der Waals surface area contributed by atoms with Gasteiger partial charge in [-0.15, -0.1) is 0 Å². The molecule has 2 rings (SSSR count). The summed E-state index contributed by atoms with van der Waals surface area (Å²) in [5.74, 6) is 0. The predicted molar refractivity (Wildman–Crippen MR) is 55.4 cm³/mol. The summed E-state index contributed by atoms with van der Waals surface area (Å²) >= 11 is 0. The molecule has 0 aromatic rings. The lowest BCUT2D eigenvalue weighted by Crippen LogP contribution is -2.22. The van der Waals surface area contributed by atoms with E-state index < -0.39 is 10.8 Å². The van der Waals surface area contributed by atoms with E-state index in [0.717, 1.165) is 17.7 Å². The zero-order valence-electron chi connectivity index (χ0n) is 8.33. The summed E-state index contributed by atoms with van der Waals surface area (Å²) in [5.41, 5.74) is 1.27. The summed E-state index contributed by atoms with van der Waals surface area (Å²) in [6, 6.07) is 0. The molecule has 0 saturated heterocycles. The molecule has 0 aromatic heterocycles. The van der Waals surface area contributed by atoms with Crippen molar-refractivity contribution in [1.29, 1.82) is 0 Å². The molecule has 2 heterocycles. The molecule has 1 atom stereocenters. The van der Waals surface area contributed by atoms with Crippen LogP contribution in [0.15, 0.2) is 22.9 Å². The Balaban J connectivity index is 2.38. The van der Waals surface area contributed by atoms with E-state index in [0.29, 0.717) is 0 Å². The van der Waals surface area contributed by atoms with Crippen LogP contribution in [0, 0.1) is 0 Å². The third kappa shape index (κ3) is 1.26. The highest BCUT2D eigenvalue weighted by atomic mass is 32.2. The molecule has 0 aromatic carbocycles. The maximum absolute atomic E-state index is 12.0. The number of nitrogens with zero attached hydrogens (tertiary/aromatic N) is 1. The van der Waals surface area contributed by atoms with Crippen molar-refractivity contribution in [3.63, 3.8) is 0 Å². The van der Waals surface area contributed by atoms with Gasteiger partial charge in [-0.1, -0.05) is 6.08 Å². The molecule has 0 radical (unpaired) electrons. The molecule has 0 N–H and O–H groups in total. The zero-order valence-corrected chi connectivity index (χ0v) is 9.15. The topological polar surface area (TPSA) is 20.3 Å². The maximum atomic E-state index is 12.0. The Morgan fingerprint density at radius 2 is 2.23 bits per heavy atom. The van der Waals surface area contributed by atoms with Crippen molar-refractivity contribution < 1.29 is 4.21 Å². The molecule has 0 saturated carbocycles. The van der Waals surface area contributed by atoms with Crippen LogP contribution in [0.5, 0.6) is 0 Å². The Kier molecular flexibility index (Phi) is 1.88. The van der Waals surface area contributed by atoms with Gasteiger partial charge >= 0.3 is 0 Å². The Morgan fingerprint density at radius 3 is 2.85 bits per heavy atom. The van der Waals surface area contributed by atoms with Gasteiger partial charge in [-0.05, 0) is 20.0 Å². The van der Waals surface area contributed by atoms with Crippen molar-refractivity contribution in [3.05, 3.63) is 22.9 Å². The van der Waals surface area contributed by atoms with Gasteiger partial charge in [0, 0.05) is 30.5 Å². The largest absolute Gasteiger partial charge is 0.354 e. The van der Waals surface area contributed by atoms with Gasteiger partial charge in [0.25, 0.3) is 0 Å². The molecule has 2 nitrogen and oxygen atoms in total. The molecule has 2 aliphatic heterocycles. The van der Waals surface area contributed by atoms with E-state index in [2.05, 4.69) is 31.0 Å². The van der Waals surface area contributed by atoms with Crippen LogP contribution in [0.2, 0.25) is 0 Å². The average Bonchev–Trinajstić information content (AvgIpc) is 2.28. The minimum atomic E-state index is -0.784. The highest BCUT2D eigenvalue weighted by Crippen LogP contribution is 2.41. The van der Waals surface area contributed by atoms with Gasteiger partial charge in [-0.2, -0.15) is 0 Å². The van der Waals surface area contributed by atoms with E-state index in [1.807, 2.05) is 7.05 Å². The number of rotatable bonds is 0. The normalized spacial score (nSPS) is 31.0. The summed E-state index contributed by atoms with van der Waals surface area (Å²) in [6.45, 7) is 4.16. The van der Waals surface area contributed by atoms with Crippen molar-refractivity contribution in [3.8, 4) is 0 Å². The standard InChI is InChI=1S/C10H15NOS/c1-10(2)7-8-9(13(10)12)5-4-6-11(8)3/h4,6H,5,7H2,1-3H3. The number of allylic oxidation sites excluding steroid dienone is 3. The molecule has 2 aliphatic rings. The van der Waals surface area contributed by atoms with E-state index >= 15 is 0 Å². The van der Waals surface area contributed by atoms with E-state index in [1.165, 1.54) is 5.70 Å². The molecule has 0 bridgehead atoms. The molecule has 3 heteroatoms. The Hall–Kier alpha value is -0.570. The highest BCUT2D eigenvalue weighted by molar-refractivity contribution is 7.90. The molecule has 0 spiro atoms. The molecular formula is C10H15NOS. The van der Waals surface area contributed by atoms with Crippen LogP contribution in [0.25, 0.3) is 0 Å².